The van der Waals surface area contributed by atoms with Gasteiger partial charge in [-0.05, 0) is 99.9 Å². The minimum Gasteiger partial charge on any atom is -0.598 e. The van der Waals surface area contributed by atoms with Gasteiger partial charge in [-0.25, -0.2) is 9.67 Å². The Balaban J connectivity index is 1.75. The van der Waals surface area contributed by atoms with E-state index in [4.69, 9.17) is 28.7 Å². The van der Waals surface area contributed by atoms with E-state index in [1.54, 1.807) is 0 Å². The first-order valence-corrected chi connectivity index (χ1v) is 25.5. The molecule has 286 valence electrons. The highest BCUT2D eigenvalue weighted by atomic mass is 32.2. The lowest BCUT2D eigenvalue weighted by Crippen LogP contribution is -2.41. The fourth-order valence-electron chi connectivity index (χ4n) is 5.01. The number of ether oxygens (including phenoxy) is 1. The van der Waals surface area contributed by atoms with Crippen LogP contribution in [0.5, 0.6) is 5.75 Å². The molecule has 0 aliphatic heterocycles. The van der Waals surface area contributed by atoms with E-state index in [2.05, 4.69) is 85.4 Å². The molecule has 12 heteroatoms. The van der Waals surface area contributed by atoms with E-state index in [-0.39, 0.29) is 16.1 Å². The molecule has 1 aromatic carbocycles. The molecule has 0 aliphatic carbocycles. The Labute approximate surface area is 318 Å². The van der Waals surface area contributed by atoms with Gasteiger partial charge < -0.3 is 18.1 Å². The first kappa shape index (κ1) is 42.2. The van der Waals surface area contributed by atoms with Gasteiger partial charge in [-0.2, -0.15) is 5.10 Å². The van der Waals surface area contributed by atoms with Gasteiger partial charge >= 0.3 is 0 Å². The van der Waals surface area contributed by atoms with Gasteiger partial charge in [-0.1, -0.05) is 67.0 Å². The summed E-state index contributed by atoms with van der Waals surface area (Å²) >= 11 is -1.24. The van der Waals surface area contributed by atoms with E-state index in [0.29, 0.717) is 31.4 Å². The fourth-order valence-corrected chi connectivity index (χ4v) is 7.83. The Kier molecular flexibility index (Phi) is 13.3. The van der Waals surface area contributed by atoms with E-state index in [1.165, 1.54) is 0 Å². The molecule has 0 radical (unpaired) electrons. The van der Waals surface area contributed by atoms with Gasteiger partial charge in [0.05, 0.1) is 53.4 Å². The maximum Gasteiger partial charge on any atom is 0.192 e. The van der Waals surface area contributed by atoms with Gasteiger partial charge in [0.2, 0.25) is 0 Å². The molecule has 3 heterocycles. The predicted molar refractivity (Wildman–Crippen MR) is 221 cm³/mol. The third-order valence-corrected chi connectivity index (χ3v) is 21.1. The first-order valence-electron chi connectivity index (χ1n) is 18.6. The highest BCUT2D eigenvalue weighted by Gasteiger charge is 2.38. The molecule has 52 heavy (non-hydrogen) atoms. The zero-order valence-corrected chi connectivity index (χ0v) is 37.0. The summed E-state index contributed by atoms with van der Waals surface area (Å²) in [7, 11) is -3.89. The fraction of sp³-hybridized carbons (Fsp3) is 0.575. The molecular formula is C40H63N5O4SSi2. The number of aromatic nitrogens is 4. The van der Waals surface area contributed by atoms with E-state index in [9.17, 15) is 4.55 Å². The van der Waals surface area contributed by atoms with E-state index < -0.39 is 32.7 Å². The molecule has 0 saturated carbocycles. The van der Waals surface area contributed by atoms with Crippen LogP contribution in [-0.2, 0) is 26.8 Å². The highest BCUT2D eigenvalue weighted by molar-refractivity contribution is 7.90. The summed E-state index contributed by atoms with van der Waals surface area (Å²) in [6.45, 7) is 31.9. The zero-order chi connectivity index (χ0) is 38.7. The molecule has 0 saturated heterocycles. The molecule has 2 atom stereocenters. The van der Waals surface area contributed by atoms with Crippen LogP contribution in [0.3, 0.4) is 0 Å². The second-order valence-electron chi connectivity index (χ2n) is 17.7. The summed E-state index contributed by atoms with van der Waals surface area (Å²) in [5.74, 6) is 1.41. The Hall–Kier alpha value is -2.59. The lowest BCUT2D eigenvalue weighted by Gasteiger charge is -2.36. The number of rotatable bonds is 15. The molecule has 0 amide bonds. The van der Waals surface area contributed by atoms with Crippen LogP contribution in [0.25, 0.3) is 28.0 Å². The molecule has 0 bridgehead atoms. The van der Waals surface area contributed by atoms with E-state index in [0.717, 1.165) is 46.4 Å². The minimum atomic E-state index is -1.96. The summed E-state index contributed by atoms with van der Waals surface area (Å²) in [5.41, 5.74) is 4.26. The number of hydrogen-bond acceptors (Lipinski definition) is 8. The molecule has 0 aliphatic rings. The molecule has 1 N–H and O–H groups in total. The van der Waals surface area contributed by atoms with Gasteiger partial charge in [-0.3, -0.25) is 4.98 Å². The summed E-state index contributed by atoms with van der Waals surface area (Å²) in [5, 5.41) is 5.92. The van der Waals surface area contributed by atoms with Crippen molar-refractivity contribution in [3.05, 3.63) is 66.1 Å². The standard InChI is InChI=1S/C40H63N5O4SSi2/c1-15-18-34(44-50(46)38(2,3)4)33-21-17-20-32(43-33)29-25-35-31(36(26-29)47-23-24-48-51(11,12)39(5,6)7)27-41-45(35)37-22-16-19-30(42-37)28-49-52(13,14)40(8,9)10/h16-17,19-22,25-27,34,44H,15,18,23-24,28H2,1-14H3/t34-,50?/m0/s1. The zero-order valence-electron chi connectivity index (χ0n) is 34.1. The van der Waals surface area contributed by atoms with Gasteiger partial charge in [0.1, 0.15) is 17.1 Å². The molecule has 0 spiro atoms. The van der Waals surface area contributed by atoms with Gasteiger partial charge in [0, 0.05) is 16.9 Å². The monoisotopic (exact) mass is 765 g/mol. The van der Waals surface area contributed by atoms with E-state index >= 15 is 0 Å². The Morgan fingerprint density at radius 2 is 1.50 bits per heavy atom. The molecule has 4 aromatic rings. The summed E-state index contributed by atoms with van der Waals surface area (Å²) in [4.78, 5) is 10.1. The molecule has 1 unspecified atom stereocenters. The van der Waals surface area contributed by atoms with Crippen molar-refractivity contribution in [2.24, 2.45) is 0 Å². The van der Waals surface area contributed by atoms with Gasteiger partial charge in [0.15, 0.2) is 22.5 Å². The topological polar surface area (TPSA) is 106 Å². The van der Waals surface area contributed by atoms with Crippen LogP contribution in [0.2, 0.25) is 36.3 Å². The number of benzene rings is 1. The minimum absolute atomic E-state index is 0.104. The number of fused-ring (bicyclic) bond motifs is 1. The van der Waals surface area contributed by atoms with Crippen LogP contribution in [0.1, 0.15) is 99.5 Å². The quantitative estimate of drug-likeness (QED) is 0.0724. The van der Waals surface area contributed by atoms with Crippen molar-refractivity contribution in [2.75, 3.05) is 13.2 Å². The summed E-state index contributed by atoms with van der Waals surface area (Å²) in [6.07, 6.45) is 3.59. The number of hydrogen-bond donors (Lipinski definition) is 1. The predicted octanol–water partition coefficient (Wildman–Crippen LogP) is 10.3. The molecule has 4 rings (SSSR count). The average molecular weight is 766 g/mol. The summed E-state index contributed by atoms with van der Waals surface area (Å²) in [6, 6.07) is 16.0. The van der Waals surface area contributed by atoms with Crippen LogP contribution in [-0.4, -0.2) is 58.9 Å². The maximum atomic E-state index is 13.1. The second-order valence-corrected chi connectivity index (χ2v) is 29.4. The largest absolute Gasteiger partial charge is 0.598 e. The molecule has 9 nitrogen and oxygen atoms in total. The maximum absolute atomic E-state index is 13.1. The van der Waals surface area contributed by atoms with Crippen molar-refractivity contribution < 1.29 is 18.1 Å². The number of nitrogens with one attached hydrogen (secondary N) is 1. The SMILES string of the molecule is CCC[C@H](N[S+]([O-])C(C)(C)C)c1cccc(-c2cc(OCCO[Si](C)(C)C(C)(C)C)c3cnn(-c4cccc(CO[Si](C)(C)C(C)(C)C)n4)c3c2)n1. The Bertz CT molecular complexity index is 1790. The normalized spacial score (nSPS) is 14.5. The van der Waals surface area contributed by atoms with Gasteiger partial charge in [-0.15, -0.1) is 4.72 Å². The Morgan fingerprint density at radius 1 is 0.846 bits per heavy atom. The smallest absolute Gasteiger partial charge is 0.192 e. The third kappa shape index (κ3) is 10.3. The van der Waals surface area contributed by atoms with Crippen molar-refractivity contribution in [2.45, 2.75) is 136 Å². The number of pyridine rings is 2. The summed E-state index contributed by atoms with van der Waals surface area (Å²) < 4.78 is 37.4. The lowest BCUT2D eigenvalue weighted by atomic mass is 10.1. The van der Waals surface area contributed by atoms with Crippen LogP contribution in [0, 0.1) is 0 Å². The second kappa shape index (κ2) is 16.4. The van der Waals surface area contributed by atoms with Crippen molar-refractivity contribution in [1.29, 1.82) is 0 Å². The first-order chi connectivity index (χ1) is 24.0. The van der Waals surface area contributed by atoms with Gasteiger partial charge in [0.25, 0.3) is 0 Å². The molecular weight excluding hydrogens is 703 g/mol. The van der Waals surface area contributed by atoms with Crippen LogP contribution in [0.4, 0.5) is 0 Å². The van der Waals surface area contributed by atoms with Crippen LogP contribution in [0.15, 0.2) is 54.7 Å². The van der Waals surface area contributed by atoms with Crippen molar-refractivity contribution >= 4 is 38.9 Å². The molecule has 3 aromatic heterocycles. The van der Waals surface area contributed by atoms with Crippen molar-refractivity contribution in [1.82, 2.24) is 24.5 Å². The Morgan fingerprint density at radius 3 is 2.13 bits per heavy atom. The van der Waals surface area contributed by atoms with E-state index in [1.807, 2.05) is 74.1 Å². The average Bonchev–Trinajstić information content (AvgIpc) is 3.48. The highest BCUT2D eigenvalue weighted by Crippen LogP contribution is 2.38. The van der Waals surface area contributed by atoms with Crippen molar-refractivity contribution in [3.63, 3.8) is 0 Å². The third-order valence-electron chi connectivity index (χ3n) is 10.5. The molecule has 0 fully saturated rings. The number of nitrogens with zero attached hydrogens (tertiary/aromatic N) is 4. The lowest BCUT2D eigenvalue weighted by molar-refractivity contribution is 0.205. The van der Waals surface area contributed by atoms with Crippen LogP contribution >= 0.6 is 0 Å². The van der Waals surface area contributed by atoms with Crippen LogP contribution < -0.4 is 9.46 Å². The van der Waals surface area contributed by atoms with Crippen molar-refractivity contribution in [3.8, 4) is 22.8 Å².